The van der Waals surface area contributed by atoms with E-state index in [9.17, 15) is 0 Å². The van der Waals surface area contributed by atoms with Crippen molar-refractivity contribution < 1.29 is 9.63 Å². The maximum atomic E-state index is 9.05. The predicted molar refractivity (Wildman–Crippen MR) is 77.4 cm³/mol. The van der Waals surface area contributed by atoms with Gasteiger partial charge in [0.1, 0.15) is 0 Å². The van der Waals surface area contributed by atoms with E-state index < -0.39 is 0 Å². The van der Waals surface area contributed by atoms with E-state index in [1.807, 2.05) is 12.1 Å². The van der Waals surface area contributed by atoms with Crippen LogP contribution in [0.1, 0.15) is 19.7 Å². The minimum atomic E-state index is 0.107. The molecule has 1 aromatic carbocycles. The van der Waals surface area contributed by atoms with Crippen LogP contribution in [0.2, 0.25) is 5.02 Å². The summed E-state index contributed by atoms with van der Waals surface area (Å²) in [5, 5.41) is 13.7. The summed E-state index contributed by atoms with van der Waals surface area (Å²) in [7, 11) is 0. The van der Waals surface area contributed by atoms with Gasteiger partial charge >= 0.3 is 0 Å². The Kier molecular flexibility index (Phi) is 5.11. The van der Waals surface area contributed by atoms with Crippen LogP contribution < -0.4 is 0 Å². The molecular weight excluding hydrogens is 278 g/mol. The fourth-order valence-corrected chi connectivity index (χ4v) is 1.98. The van der Waals surface area contributed by atoms with Crippen molar-refractivity contribution in [3.8, 4) is 11.4 Å². The number of halogens is 1. The van der Waals surface area contributed by atoms with Gasteiger partial charge in [0.05, 0.1) is 13.2 Å². The quantitative estimate of drug-likeness (QED) is 0.887. The average Bonchev–Trinajstić information content (AvgIpc) is 2.87. The first kappa shape index (κ1) is 15.0. The number of aliphatic hydroxyl groups excluding tert-OH is 1. The molecule has 1 N–H and O–H groups in total. The molecule has 1 heterocycles. The van der Waals surface area contributed by atoms with E-state index in [0.717, 1.165) is 5.56 Å². The molecule has 20 heavy (non-hydrogen) atoms. The molecule has 0 atom stereocenters. The summed E-state index contributed by atoms with van der Waals surface area (Å²) in [6.45, 7) is 5.34. The van der Waals surface area contributed by atoms with Crippen LogP contribution >= 0.6 is 11.6 Å². The Morgan fingerprint density at radius 1 is 1.30 bits per heavy atom. The molecule has 5 nitrogen and oxygen atoms in total. The molecule has 0 radical (unpaired) electrons. The highest BCUT2D eigenvalue weighted by molar-refractivity contribution is 6.30. The third-order valence-electron chi connectivity index (χ3n) is 3.03. The zero-order valence-corrected chi connectivity index (χ0v) is 12.3. The van der Waals surface area contributed by atoms with Crippen LogP contribution in [0, 0.1) is 0 Å². The second-order valence-electron chi connectivity index (χ2n) is 4.81. The summed E-state index contributed by atoms with van der Waals surface area (Å²) in [6, 6.07) is 7.58. The van der Waals surface area contributed by atoms with Gasteiger partial charge in [0.2, 0.25) is 11.7 Å². The number of hydrogen-bond acceptors (Lipinski definition) is 5. The van der Waals surface area contributed by atoms with Gasteiger partial charge in [-0.1, -0.05) is 16.8 Å². The summed E-state index contributed by atoms with van der Waals surface area (Å²) in [5.74, 6) is 1.08. The Morgan fingerprint density at radius 2 is 2.00 bits per heavy atom. The number of hydrogen-bond donors (Lipinski definition) is 1. The maximum absolute atomic E-state index is 9.05. The van der Waals surface area contributed by atoms with Crippen LogP contribution in [-0.2, 0) is 6.54 Å². The SMILES string of the molecule is CC(C)N(CCO)Cc1nc(-c2ccc(Cl)cc2)no1. The van der Waals surface area contributed by atoms with Gasteiger partial charge in [-0.05, 0) is 38.1 Å². The number of benzene rings is 1. The first-order chi connectivity index (χ1) is 9.60. The molecule has 0 unspecified atom stereocenters. The number of aliphatic hydroxyl groups is 1. The minimum Gasteiger partial charge on any atom is -0.395 e. The van der Waals surface area contributed by atoms with E-state index >= 15 is 0 Å². The summed E-state index contributed by atoms with van der Waals surface area (Å²) >= 11 is 5.85. The van der Waals surface area contributed by atoms with Crippen molar-refractivity contribution in [1.82, 2.24) is 15.0 Å². The molecule has 6 heteroatoms. The molecule has 2 rings (SSSR count). The van der Waals surface area contributed by atoms with Crippen molar-refractivity contribution in [2.75, 3.05) is 13.2 Å². The van der Waals surface area contributed by atoms with Crippen molar-refractivity contribution in [1.29, 1.82) is 0 Å². The Bertz CT molecular complexity index is 540. The zero-order valence-electron chi connectivity index (χ0n) is 11.6. The Hall–Kier alpha value is -1.43. The molecule has 0 aliphatic rings. The van der Waals surface area contributed by atoms with Gasteiger partial charge in [0, 0.05) is 23.2 Å². The normalized spacial score (nSPS) is 11.5. The smallest absolute Gasteiger partial charge is 0.241 e. The summed E-state index contributed by atoms with van der Waals surface area (Å²) in [6.07, 6.45) is 0. The highest BCUT2D eigenvalue weighted by atomic mass is 35.5. The summed E-state index contributed by atoms with van der Waals surface area (Å²) < 4.78 is 5.26. The lowest BCUT2D eigenvalue weighted by atomic mass is 10.2. The first-order valence-electron chi connectivity index (χ1n) is 6.53. The van der Waals surface area contributed by atoms with Gasteiger partial charge in [-0.15, -0.1) is 0 Å². The van der Waals surface area contributed by atoms with E-state index in [4.69, 9.17) is 21.2 Å². The van der Waals surface area contributed by atoms with Gasteiger partial charge in [-0.3, -0.25) is 4.90 Å². The molecule has 108 valence electrons. The standard InChI is InChI=1S/C14H18ClN3O2/c1-10(2)18(7-8-19)9-13-16-14(17-20-13)11-3-5-12(15)6-4-11/h3-6,10,19H,7-9H2,1-2H3. The highest BCUT2D eigenvalue weighted by Crippen LogP contribution is 2.19. The maximum Gasteiger partial charge on any atom is 0.241 e. The summed E-state index contributed by atoms with van der Waals surface area (Å²) in [5.41, 5.74) is 0.864. The van der Waals surface area contributed by atoms with Crippen LogP contribution in [0.3, 0.4) is 0 Å². The highest BCUT2D eigenvalue weighted by Gasteiger charge is 2.15. The van der Waals surface area contributed by atoms with Gasteiger partial charge < -0.3 is 9.63 Å². The average molecular weight is 296 g/mol. The van der Waals surface area contributed by atoms with Gasteiger partial charge in [0.25, 0.3) is 0 Å². The van der Waals surface area contributed by atoms with Gasteiger partial charge in [-0.25, -0.2) is 0 Å². The van der Waals surface area contributed by atoms with Crippen LogP contribution in [-0.4, -0.2) is 39.3 Å². The van der Waals surface area contributed by atoms with Gasteiger partial charge in [-0.2, -0.15) is 4.98 Å². The van der Waals surface area contributed by atoms with E-state index in [-0.39, 0.29) is 6.61 Å². The fraction of sp³-hybridized carbons (Fsp3) is 0.429. The molecule has 0 saturated heterocycles. The number of rotatable bonds is 6. The van der Waals surface area contributed by atoms with E-state index in [2.05, 4.69) is 28.9 Å². The topological polar surface area (TPSA) is 62.4 Å². The largest absolute Gasteiger partial charge is 0.395 e. The third kappa shape index (κ3) is 3.79. The van der Waals surface area contributed by atoms with Crippen LogP contribution in [0.25, 0.3) is 11.4 Å². The van der Waals surface area contributed by atoms with E-state index in [0.29, 0.717) is 35.9 Å². The van der Waals surface area contributed by atoms with Crippen molar-refractivity contribution in [3.63, 3.8) is 0 Å². The third-order valence-corrected chi connectivity index (χ3v) is 3.28. The molecule has 0 amide bonds. The van der Waals surface area contributed by atoms with Crippen molar-refractivity contribution in [2.45, 2.75) is 26.4 Å². The Labute approximate surface area is 123 Å². The molecule has 0 aliphatic carbocycles. The Balaban J connectivity index is 2.10. The van der Waals surface area contributed by atoms with E-state index in [1.165, 1.54) is 0 Å². The van der Waals surface area contributed by atoms with Crippen molar-refractivity contribution in [3.05, 3.63) is 35.2 Å². The van der Waals surface area contributed by atoms with E-state index in [1.54, 1.807) is 12.1 Å². The fourth-order valence-electron chi connectivity index (χ4n) is 1.86. The number of nitrogens with zero attached hydrogens (tertiary/aromatic N) is 3. The van der Waals surface area contributed by atoms with Crippen LogP contribution in [0.15, 0.2) is 28.8 Å². The second kappa shape index (κ2) is 6.83. The first-order valence-corrected chi connectivity index (χ1v) is 6.91. The molecule has 0 aliphatic heterocycles. The van der Waals surface area contributed by atoms with Gasteiger partial charge in [0.15, 0.2) is 0 Å². The second-order valence-corrected chi connectivity index (χ2v) is 5.24. The lowest BCUT2D eigenvalue weighted by Gasteiger charge is -2.23. The molecular formula is C14H18ClN3O2. The molecule has 0 saturated carbocycles. The molecule has 1 aromatic heterocycles. The molecule has 0 bridgehead atoms. The van der Waals surface area contributed by atoms with Crippen molar-refractivity contribution >= 4 is 11.6 Å². The number of aromatic nitrogens is 2. The molecule has 2 aromatic rings. The van der Waals surface area contributed by atoms with Crippen molar-refractivity contribution in [2.24, 2.45) is 0 Å². The predicted octanol–water partition coefficient (Wildman–Crippen LogP) is 2.59. The summed E-state index contributed by atoms with van der Waals surface area (Å²) in [4.78, 5) is 6.44. The zero-order chi connectivity index (χ0) is 14.5. The minimum absolute atomic E-state index is 0.107. The van der Waals surface area contributed by atoms with Crippen LogP contribution in [0.4, 0.5) is 0 Å². The van der Waals surface area contributed by atoms with Crippen LogP contribution in [0.5, 0.6) is 0 Å². The molecule has 0 spiro atoms. The molecule has 0 fully saturated rings. The lowest BCUT2D eigenvalue weighted by Crippen LogP contribution is -2.33. The monoisotopic (exact) mass is 295 g/mol. The Morgan fingerprint density at radius 3 is 2.60 bits per heavy atom. The lowest BCUT2D eigenvalue weighted by molar-refractivity contribution is 0.144.